The molecule has 27 heavy (non-hydrogen) atoms. The molecule has 6 nitrogen and oxygen atoms in total. The van der Waals surface area contributed by atoms with Gasteiger partial charge < -0.3 is 20.1 Å². The van der Waals surface area contributed by atoms with Crippen molar-refractivity contribution in [3.05, 3.63) is 77.1 Å². The zero-order chi connectivity index (χ0) is 18.6. The SMILES string of the molecule is O=C(NCc1ccc2c(c1)OCO2)c1ccc(Nc2ccccc2Cl)cn1. The molecule has 7 heteroatoms. The number of hydrogen-bond acceptors (Lipinski definition) is 5. The van der Waals surface area contributed by atoms with Crippen LogP contribution in [-0.2, 0) is 6.54 Å². The first-order valence-corrected chi connectivity index (χ1v) is 8.71. The van der Waals surface area contributed by atoms with E-state index in [2.05, 4.69) is 15.6 Å². The minimum atomic E-state index is -0.253. The number of carbonyl (C=O) groups is 1. The number of nitrogens with one attached hydrogen (secondary N) is 2. The van der Waals surface area contributed by atoms with Crippen molar-refractivity contribution in [3.63, 3.8) is 0 Å². The van der Waals surface area contributed by atoms with Gasteiger partial charge in [0.2, 0.25) is 6.79 Å². The number of aromatic nitrogens is 1. The predicted molar refractivity (Wildman–Crippen MR) is 103 cm³/mol. The third-order valence-electron chi connectivity index (χ3n) is 4.04. The van der Waals surface area contributed by atoms with Crippen LogP contribution in [0.15, 0.2) is 60.8 Å². The number of hydrogen-bond donors (Lipinski definition) is 2. The highest BCUT2D eigenvalue weighted by molar-refractivity contribution is 6.33. The average molecular weight is 382 g/mol. The standard InChI is InChI=1S/C20H16ClN3O3/c21-15-3-1-2-4-16(15)24-14-6-7-17(22-11-14)20(25)23-10-13-5-8-18-19(9-13)27-12-26-18/h1-9,11,24H,10,12H2,(H,23,25). The van der Waals surface area contributed by atoms with Gasteiger partial charge >= 0.3 is 0 Å². The molecule has 0 spiro atoms. The van der Waals surface area contributed by atoms with E-state index < -0.39 is 0 Å². The van der Waals surface area contributed by atoms with Crippen LogP contribution in [0.5, 0.6) is 11.5 Å². The number of rotatable bonds is 5. The fraction of sp³-hybridized carbons (Fsp3) is 0.100. The third kappa shape index (κ3) is 3.96. The monoisotopic (exact) mass is 381 g/mol. The Hall–Kier alpha value is -3.25. The van der Waals surface area contributed by atoms with E-state index in [9.17, 15) is 4.79 Å². The minimum Gasteiger partial charge on any atom is -0.454 e. The highest BCUT2D eigenvalue weighted by atomic mass is 35.5. The lowest BCUT2D eigenvalue weighted by Gasteiger charge is -2.09. The fourth-order valence-electron chi connectivity index (χ4n) is 2.64. The van der Waals surface area contributed by atoms with Crippen molar-refractivity contribution in [1.29, 1.82) is 0 Å². The van der Waals surface area contributed by atoms with E-state index in [1.807, 2.05) is 36.4 Å². The summed E-state index contributed by atoms with van der Waals surface area (Å²) in [5, 5.41) is 6.63. The molecule has 0 aliphatic carbocycles. The normalized spacial score (nSPS) is 11.9. The van der Waals surface area contributed by atoms with Gasteiger partial charge in [-0.2, -0.15) is 0 Å². The second-order valence-corrected chi connectivity index (χ2v) is 6.31. The molecule has 2 aromatic carbocycles. The second-order valence-electron chi connectivity index (χ2n) is 5.91. The molecule has 0 saturated heterocycles. The smallest absolute Gasteiger partial charge is 0.270 e. The van der Waals surface area contributed by atoms with Crippen molar-refractivity contribution in [2.75, 3.05) is 12.1 Å². The Morgan fingerprint density at radius 1 is 1.07 bits per heavy atom. The van der Waals surface area contributed by atoms with Crippen LogP contribution in [0.1, 0.15) is 16.1 Å². The van der Waals surface area contributed by atoms with Gasteiger partial charge in [-0.1, -0.05) is 29.8 Å². The van der Waals surface area contributed by atoms with Crippen molar-refractivity contribution in [2.45, 2.75) is 6.54 Å². The molecule has 0 atom stereocenters. The lowest BCUT2D eigenvalue weighted by Crippen LogP contribution is -2.23. The van der Waals surface area contributed by atoms with Gasteiger partial charge in [-0.05, 0) is 42.0 Å². The predicted octanol–water partition coefficient (Wildman–Crippen LogP) is 4.14. The molecule has 1 aromatic heterocycles. The van der Waals surface area contributed by atoms with Gasteiger partial charge in [0, 0.05) is 6.54 Å². The number of fused-ring (bicyclic) bond motifs is 1. The highest BCUT2D eigenvalue weighted by Gasteiger charge is 2.14. The molecule has 0 saturated carbocycles. The maximum Gasteiger partial charge on any atom is 0.270 e. The molecule has 0 unspecified atom stereocenters. The zero-order valence-corrected chi connectivity index (χ0v) is 15.0. The fourth-order valence-corrected chi connectivity index (χ4v) is 2.83. The number of pyridine rings is 1. The van der Waals surface area contributed by atoms with Crippen LogP contribution < -0.4 is 20.1 Å². The van der Waals surface area contributed by atoms with Gasteiger partial charge in [-0.25, -0.2) is 4.98 Å². The number of benzene rings is 2. The summed E-state index contributed by atoms with van der Waals surface area (Å²) in [6, 6.07) is 16.4. The number of carbonyl (C=O) groups excluding carboxylic acids is 1. The molecule has 136 valence electrons. The first-order chi connectivity index (χ1) is 13.2. The quantitative estimate of drug-likeness (QED) is 0.695. The Morgan fingerprint density at radius 3 is 2.74 bits per heavy atom. The van der Waals surface area contributed by atoms with E-state index in [0.717, 1.165) is 16.9 Å². The van der Waals surface area contributed by atoms with E-state index in [4.69, 9.17) is 21.1 Å². The Balaban J connectivity index is 1.37. The molecule has 1 amide bonds. The Labute approximate surface area is 161 Å². The summed E-state index contributed by atoms with van der Waals surface area (Å²) in [7, 11) is 0. The second kappa shape index (κ2) is 7.55. The molecule has 0 fully saturated rings. The lowest BCUT2D eigenvalue weighted by molar-refractivity contribution is 0.0946. The van der Waals surface area contributed by atoms with Crippen LogP contribution >= 0.6 is 11.6 Å². The molecule has 1 aliphatic heterocycles. The summed E-state index contributed by atoms with van der Waals surface area (Å²) in [6.07, 6.45) is 1.60. The molecule has 2 N–H and O–H groups in total. The van der Waals surface area contributed by atoms with Crippen molar-refractivity contribution in [3.8, 4) is 11.5 Å². The third-order valence-corrected chi connectivity index (χ3v) is 4.37. The highest BCUT2D eigenvalue weighted by Crippen LogP contribution is 2.32. The summed E-state index contributed by atoms with van der Waals surface area (Å²) in [4.78, 5) is 16.5. The number of amides is 1. The van der Waals surface area contributed by atoms with Gasteiger partial charge in [0.1, 0.15) is 5.69 Å². The zero-order valence-electron chi connectivity index (χ0n) is 14.2. The van der Waals surface area contributed by atoms with E-state index in [-0.39, 0.29) is 12.7 Å². The maximum absolute atomic E-state index is 12.3. The number of para-hydroxylation sites is 1. The molecule has 3 aromatic rings. The van der Waals surface area contributed by atoms with E-state index in [1.54, 1.807) is 24.4 Å². The van der Waals surface area contributed by atoms with Gasteiger partial charge in [-0.15, -0.1) is 0 Å². The molecule has 2 heterocycles. The van der Waals surface area contributed by atoms with Crippen LogP contribution in [0.3, 0.4) is 0 Å². The van der Waals surface area contributed by atoms with E-state index >= 15 is 0 Å². The van der Waals surface area contributed by atoms with Crippen LogP contribution in [0.4, 0.5) is 11.4 Å². The summed E-state index contributed by atoms with van der Waals surface area (Å²) in [5.41, 5.74) is 2.78. The summed E-state index contributed by atoms with van der Waals surface area (Å²) >= 11 is 6.13. The first-order valence-electron chi connectivity index (χ1n) is 8.33. The van der Waals surface area contributed by atoms with E-state index in [0.29, 0.717) is 28.8 Å². The van der Waals surface area contributed by atoms with Crippen molar-refractivity contribution in [2.24, 2.45) is 0 Å². The van der Waals surface area contributed by atoms with Crippen LogP contribution in [0.2, 0.25) is 5.02 Å². The number of ether oxygens (including phenoxy) is 2. The number of nitrogens with zero attached hydrogens (tertiary/aromatic N) is 1. The molecular weight excluding hydrogens is 366 g/mol. The maximum atomic E-state index is 12.3. The van der Waals surface area contributed by atoms with Gasteiger partial charge in [0.15, 0.2) is 11.5 Å². The number of halogens is 1. The Bertz CT molecular complexity index is 976. The summed E-state index contributed by atoms with van der Waals surface area (Å²) < 4.78 is 10.6. The van der Waals surface area contributed by atoms with Gasteiger partial charge in [0.05, 0.1) is 22.6 Å². The molecular formula is C20H16ClN3O3. The lowest BCUT2D eigenvalue weighted by atomic mass is 10.2. The summed E-state index contributed by atoms with van der Waals surface area (Å²) in [6.45, 7) is 0.598. The molecule has 1 aliphatic rings. The van der Waals surface area contributed by atoms with Crippen molar-refractivity contribution < 1.29 is 14.3 Å². The van der Waals surface area contributed by atoms with Crippen molar-refractivity contribution >= 4 is 28.9 Å². The minimum absolute atomic E-state index is 0.226. The summed E-state index contributed by atoms with van der Waals surface area (Å²) in [5.74, 6) is 1.15. The van der Waals surface area contributed by atoms with Gasteiger partial charge in [0.25, 0.3) is 5.91 Å². The first kappa shape index (κ1) is 17.2. The van der Waals surface area contributed by atoms with Crippen LogP contribution in [0, 0.1) is 0 Å². The van der Waals surface area contributed by atoms with Crippen LogP contribution in [-0.4, -0.2) is 17.7 Å². The molecule has 0 bridgehead atoms. The average Bonchev–Trinajstić information content (AvgIpc) is 3.16. The number of anilines is 2. The van der Waals surface area contributed by atoms with Crippen molar-refractivity contribution in [1.82, 2.24) is 10.3 Å². The Kier molecular flexibility index (Phi) is 4.80. The molecule has 4 rings (SSSR count). The van der Waals surface area contributed by atoms with Gasteiger partial charge in [-0.3, -0.25) is 4.79 Å². The largest absolute Gasteiger partial charge is 0.454 e. The Morgan fingerprint density at radius 2 is 1.93 bits per heavy atom. The topological polar surface area (TPSA) is 72.5 Å². The van der Waals surface area contributed by atoms with E-state index in [1.165, 1.54) is 0 Å². The van der Waals surface area contributed by atoms with Crippen LogP contribution in [0.25, 0.3) is 0 Å². The molecule has 0 radical (unpaired) electrons.